The summed E-state index contributed by atoms with van der Waals surface area (Å²) in [6, 6.07) is 24.3. The summed E-state index contributed by atoms with van der Waals surface area (Å²) in [5.41, 5.74) is 11.2. The van der Waals surface area contributed by atoms with Gasteiger partial charge in [0.05, 0.1) is 6.61 Å². The van der Waals surface area contributed by atoms with E-state index in [4.69, 9.17) is 10.2 Å². The van der Waals surface area contributed by atoms with Crippen LogP contribution < -0.4 is 5.73 Å². The maximum atomic E-state index is 9.37. The summed E-state index contributed by atoms with van der Waals surface area (Å²) in [7, 11) is 0. The molecule has 3 N–H and O–H groups in total. The molecule has 0 radical (unpaired) electrons. The summed E-state index contributed by atoms with van der Waals surface area (Å²) in [6.45, 7) is 1.77. The predicted octanol–water partition coefficient (Wildman–Crippen LogP) is 4.41. The third kappa shape index (κ3) is 3.77. The van der Waals surface area contributed by atoms with Crippen LogP contribution in [0.4, 0.5) is 0 Å². The van der Waals surface area contributed by atoms with Crippen molar-refractivity contribution in [2.45, 2.75) is 18.9 Å². The monoisotopic (exact) mass is 358 g/mol. The lowest BCUT2D eigenvalue weighted by molar-refractivity contribution is 0.208. The van der Waals surface area contributed by atoms with Gasteiger partial charge in [-0.25, -0.2) is 4.98 Å². The predicted molar refractivity (Wildman–Crippen MR) is 108 cm³/mol. The van der Waals surface area contributed by atoms with Crippen molar-refractivity contribution in [3.63, 3.8) is 0 Å². The highest BCUT2D eigenvalue weighted by Gasteiger charge is 2.18. The lowest BCUT2D eigenvalue weighted by Gasteiger charge is -2.21. The van der Waals surface area contributed by atoms with Crippen LogP contribution in [-0.2, 0) is 6.42 Å². The second-order valence-electron chi connectivity index (χ2n) is 7.25. The first kappa shape index (κ1) is 17.5. The van der Waals surface area contributed by atoms with Crippen molar-refractivity contribution in [2.75, 3.05) is 6.61 Å². The Hall–Kier alpha value is -2.95. The van der Waals surface area contributed by atoms with Gasteiger partial charge in [-0.2, -0.15) is 0 Å². The molecule has 3 aromatic carbocycles. The van der Waals surface area contributed by atoms with Gasteiger partial charge in [-0.15, -0.1) is 0 Å². The zero-order valence-electron chi connectivity index (χ0n) is 15.2. The van der Waals surface area contributed by atoms with E-state index in [2.05, 4.69) is 29.2 Å². The molecule has 0 aliphatic rings. The zero-order valence-corrected chi connectivity index (χ0v) is 15.2. The first-order chi connectivity index (χ1) is 13.0. The summed E-state index contributed by atoms with van der Waals surface area (Å²) in [5.74, 6) is 0.597. The van der Waals surface area contributed by atoms with E-state index in [1.807, 2.05) is 55.5 Å². The van der Waals surface area contributed by atoms with Gasteiger partial charge in [0.1, 0.15) is 5.52 Å². The van der Waals surface area contributed by atoms with Crippen LogP contribution >= 0.6 is 0 Å². The molecular formula is C23H22N2O2. The highest BCUT2D eigenvalue weighted by molar-refractivity contribution is 5.77. The van der Waals surface area contributed by atoms with Crippen LogP contribution in [0.15, 0.2) is 77.2 Å². The first-order valence-corrected chi connectivity index (χ1v) is 8.99. The number of aliphatic hydroxyl groups is 1. The molecule has 0 unspecified atom stereocenters. The molecule has 27 heavy (non-hydrogen) atoms. The van der Waals surface area contributed by atoms with Gasteiger partial charge in [-0.05, 0) is 54.3 Å². The van der Waals surface area contributed by atoms with Gasteiger partial charge >= 0.3 is 0 Å². The minimum Gasteiger partial charge on any atom is -0.436 e. The number of benzene rings is 3. The first-order valence-electron chi connectivity index (χ1n) is 8.99. The average Bonchev–Trinajstić information content (AvgIpc) is 3.12. The number of nitrogens with two attached hydrogens (primary N) is 1. The second kappa shape index (κ2) is 6.99. The van der Waals surface area contributed by atoms with Gasteiger partial charge in [0.25, 0.3) is 0 Å². The van der Waals surface area contributed by atoms with Crippen LogP contribution in [-0.4, -0.2) is 22.2 Å². The Morgan fingerprint density at radius 3 is 2.30 bits per heavy atom. The van der Waals surface area contributed by atoms with E-state index < -0.39 is 5.54 Å². The van der Waals surface area contributed by atoms with Crippen molar-refractivity contribution in [1.29, 1.82) is 0 Å². The van der Waals surface area contributed by atoms with Gasteiger partial charge < -0.3 is 15.3 Å². The van der Waals surface area contributed by atoms with E-state index in [9.17, 15) is 5.11 Å². The molecule has 0 saturated heterocycles. The molecule has 1 aromatic heterocycles. The van der Waals surface area contributed by atoms with Crippen molar-refractivity contribution in [2.24, 2.45) is 5.73 Å². The van der Waals surface area contributed by atoms with Crippen LogP contribution in [0.3, 0.4) is 0 Å². The molecule has 4 nitrogen and oxygen atoms in total. The van der Waals surface area contributed by atoms with Crippen molar-refractivity contribution in [1.82, 2.24) is 4.98 Å². The number of aromatic nitrogens is 1. The highest BCUT2D eigenvalue weighted by atomic mass is 16.3. The molecule has 0 spiro atoms. The third-order valence-corrected chi connectivity index (χ3v) is 4.66. The molecule has 0 aliphatic carbocycles. The van der Waals surface area contributed by atoms with E-state index in [1.54, 1.807) is 0 Å². The average molecular weight is 358 g/mol. The van der Waals surface area contributed by atoms with Crippen LogP contribution in [0.1, 0.15) is 12.5 Å². The molecule has 4 rings (SSSR count). The number of aliphatic hydroxyl groups excluding tert-OH is 1. The maximum absolute atomic E-state index is 9.37. The normalized spacial score (nSPS) is 13.6. The van der Waals surface area contributed by atoms with Crippen LogP contribution in [0.2, 0.25) is 0 Å². The van der Waals surface area contributed by atoms with Crippen molar-refractivity contribution in [3.8, 4) is 22.6 Å². The quantitative estimate of drug-likeness (QED) is 0.554. The summed E-state index contributed by atoms with van der Waals surface area (Å²) < 4.78 is 5.92. The Bertz CT molecular complexity index is 1050. The molecule has 136 valence electrons. The van der Waals surface area contributed by atoms with E-state index in [1.165, 1.54) is 5.56 Å². The van der Waals surface area contributed by atoms with Crippen molar-refractivity contribution in [3.05, 3.63) is 78.4 Å². The highest BCUT2D eigenvalue weighted by Crippen LogP contribution is 2.28. The maximum Gasteiger partial charge on any atom is 0.227 e. The Morgan fingerprint density at radius 1 is 0.926 bits per heavy atom. The molecule has 0 amide bonds. The summed E-state index contributed by atoms with van der Waals surface area (Å²) >= 11 is 0. The van der Waals surface area contributed by atoms with E-state index in [-0.39, 0.29) is 6.61 Å². The molecule has 4 aromatic rings. The molecule has 4 heteroatoms. The molecule has 0 saturated carbocycles. The summed E-state index contributed by atoms with van der Waals surface area (Å²) in [6.07, 6.45) is 0.577. The Kier molecular flexibility index (Phi) is 4.52. The van der Waals surface area contributed by atoms with Crippen LogP contribution in [0, 0.1) is 0 Å². The fourth-order valence-corrected chi connectivity index (χ4v) is 3.16. The fourth-order valence-electron chi connectivity index (χ4n) is 3.16. The number of rotatable bonds is 5. The molecular weight excluding hydrogens is 336 g/mol. The number of hydrogen-bond donors (Lipinski definition) is 2. The van der Waals surface area contributed by atoms with Crippen molar-refractivity contribution >= 4 is 11.1 Å². The fraction of sp³-hybridized carbons (Fsp3) is 0.174. The second-order valence-corrected chi connectivity index (χ2v) is 7.25. The minimum absolute atomic E-state index is 0.0666. The lowest BCUT2D eigenvalue weighted by Crippen LogP contribution is -2.42. The molecule has 1 heterocycles. The SMILES string of the molecule is C[C@](N)(CO)Cc1ccc2oc(-c3ccc(-c4ccccc4)cc3)nc2c1. The summed E-state index contributed by atoms with van der Waals surface area (Å²) in [5, 5.41) is 9.37. The molecule has 0 fully saturated rings. The van der Waals surface area contributed by atoms with Crippen LogP contribution in [0.25, 0.3) is 33.7 Å². The Balaban J connectivity index is 1.62. The topological polar surface area (TPSA) is 72.3 Å². The number of fused-ring (bicyclic) bond motifs is 1. The van der Waals surface area contributed by atoms with Gasteiger partial charge in [0, 0.05) is 11.1 Å². The van der Waals surface area contributed by atoms with E-state index in [0.29, 0.717) is 12.3 Å². The molecule has 1 atom stereocenters. The van der Waals surface area contributed by atoms with Gasteiger partial charge in [0.15, 0.2) is 5.58 Å². The van der Waals surface area contributed by atoms with Crippen molar-refractivity contribution < 1.29 is 9.52 Å². The van der Waals surface area contributed by atoms with Gasteiger partial charge in [-0.3, -0.25) is 0 Å². The molecule has 0 bridgehead atoms. The van der Waals surface area contributed by atoms with Gasteiger partial charge in [0.2, 0.25) is 5.89 Å². The lowest BCUT2D eigenvalue weighted by atomic mass is 9.95. The van der Waals surface area contributed by atoms with Crippen LogP contribution in [0.5, 0.6) is 0 Å². The number of hydrogen-bond acceptors (Lipinski definition) is 4. The minimum atomic E-state index is -0.645. The Morgan fingerprint density at radius 2 is 1.59 bits per heavy atom. The Labute approximate surface area is 158 Å². The van der Waals surface area contributed by atoms with E-state index in [0.717, 1.165) is 27.8 Å². The smallest absolute Gasteiger partial charge is 0.227 e. The number of oxazole rings is 1. The largest absolute Gasteiger partial charge is 0.436 e. The van der Waals surface area contributed by atoms with Gasteiger partial charge in [-0.1, -0.05) is 48.5 Å². The molecule has 0 aliphatic heterocycles. The standard InChI is InChI=1S/C23H22N2O2/c1-23(24,15-26)14-16-7-12-21-20(13-16)25-22(27-21)19-10-8-18(9-11-19)17-5-3-2-4-6-17/h2-13,26H,14-15,24H2,1H3/t23-/m1/s1. The zero-order chi connectivity index (χ0) is 18.9. The summed E-state index contributed by atoms with van der Waals surface area (Å²) in [4.78, 5) is 4.63. The van der Waals surface area contributed by atoms with E-state index >= 15 is 0 Å². The number of nitrogens with zero attached hydrogens (tertiary/aromatic N) is 1. The third-order valence-electron chi connectivity index (χ3n) is 4.66.